The molecule has 4 rings (SSSR count). The van der Waals surface area contributed by atoms with Crippen molar-refractivity contribution in [1.82, 2.24) is 9.88 Å². The van der Waals surface area contributed by atoms with Gasteiger partial charge in [-0.25, -0.2) is 0 Å². The molecule has 35 heavy (non-hydrogen) atoms. The van der Waals surface area contributed by atoms with E-state index in [-0.39, 0.29) is 24.0 Å². The minimum absolute atomic E-state index is 0.00368. The van der Waals surface area contributed by atoms with Crippen molar-refractivity contribution >= 4 is 40.1 Å². The van der Waals surface area contributed by atoms with Crippen LogP contribution < -0.4 is 10.1 Å². The Balaban J connectivity index is 1.62. The number of fused-ring (bicyclic) bond motifs is 1. The van der Waals surface area contributed by atoms with E-state index in [0.717, 1.165) is 16.5 Å². The van der Waals surface area contributed by atoms with Gasteiger partial charge in [0, 0.05) is 33.8 Å². The van der Waals surface area contributed by atoms with Gasteiger partial charge in [0.1, 0.15) is 5.75 Å². The van der Waals surface area contributed by atoms with Gasteiger partial charge in [-0.15, -0.1) is 0 Å². The second-order valence-electron chi connectivity index (χ2n) is 8.30. The van der Waals surface area contributed by atoms with Gasteiger partial charge in [-0.05, 0) is 67.4 Å². The number of benzene rings is 3. The van der Waals surface area contributed by atoms with E-state index in [2.05, 4.69) is 5.32 Å². The number of amides is 1. The van der Waals surface area contributed by atoms with Crippen LogP contribution in [0.1, 0.15) is 44.5 Å². The van der Waals surface area contributed by atoms with Crippen molar-refractivity contribution in [2.45, 2.75) is 26.8 Å². The van der Waals surface area contributed by atoms with Gasteiger partial charge < -0.3 is 10.1 Å². The van der Waals surface area contributed by atoms with Crippen LogP contribution in [0.4, 0.5) is 0 Å². The Kier molecular flexibility index (Phi) is 7.03. The number of carbonyl (C=O) groups is 3. The molecule has 1 amide bonds. The van der Waals surface area contributed by atoms with Crippen LogP contribution in [0.5, 0.6) is 5.75 Å². The van der Waals surface area contributed by atoms with Gasteiger partial charge in [0.25, 0.3) is 5.91 Å². The normalized spacial score (nSPS) is 10.9. The molecule has 1 aromatic heterocycles. The summed E-state index contributed by atoms with van der Waals surface area (Å²) in [5.41, 5.74) is 4.16. The summed E-state index contributed by atoms with van der Waals surface area (Å²) in [7, 11) is 1.58. The van der Waals surface area contributed by atoms with Crippen LogP contribution in [0, 0.1) is 6.92 Å². The zero-order valence-corrected chi connectivity index (χ0v) is 20.5. The average Bonchev–Trinajstić information content (AvgIpc) is 3.13. The first-order valence-electron chi connectivity index (χ1n) is 11.1. The first-order valence-corrected chi connectivity index (χ1v) is 11.5. The van der Waals surface area contributed by atoms with Crippen LogP contribution in [-0.2, 0) is 17.8 Å². The number of hydrogen-bond donors (Lipinski definition) is 1. The lowest BCUT2D eigenvalue weighted by molar-refractivity contribution is -0.120. The molecule has 0 bridgehead atoms. The maximum absolute atomic E-state index is 13.4. The van der Waals surface area contributed by atoms with E-state index >= 15 is 0 Å². The van der Waals surface area contributed by atoms with Crippen LogP contribution in [-0.4, -0.2) is 29.3 Å². The minimum atomic E-state index is -0.202. The lowest BCUT2D eigenvalue weighted by Crippen LogP contribution is -2.25. The van der Waals surface area contributed by atoms with Gasteiger partial charge in [-0.2, -0.15) is 0 Å². The lowest BCUT2D eigenvalue weighted by Gasteiger charge is -2.09. The Bertz CT molecular complexity index is 1420. The molecule has 6 nitrogen and oxygen atoms in total. The molecule has 0 aliphatic heterocycles. The number of hydrogen-bond acceptors (Lipinski definition) is 4. The molecule has 1 N–H and O–H groups in total. The van der Waals surface area contributed by atoms with Crippen LogP contribution in [0.2, 0.25) is 5.02 Å². The monoisotopic (exact) mass is 488 g/mol. The number of ketones is 1. The summed E-state index contributed by atoms with van der Waals surface area (Å²) in [5, 5.41) is 4.26. The van der Waals surface area contributed by atoms with Crippen molar-refractivity contribution in [2.75, 3.05) is 7.11 Å². The molecule has 0 aliphatic rings. The van der Waals surface area contributed by atoms with E-state index in [4.69, 9.17) is 16.3 Å². The van der Waals surface area contributed by atoms with Crippen LogP contribution in [0.15, 0.2) is 66.7 Å². The van der Waals surface area contributed by atoms with E-state index in [1.165, 1.54) is 6.92 Å². The van der Waals surface area contributed by atoms with Gasteiger partial charge in [0.05, 0.1) is 19.0 Å². The summed E-state index contributed by atoms with van der Waals surface area (Å²) in [4.78, 5) is 37.7. The van der Waals surface area contributed by atoms with Crippen LogP contribution >= 0.6 is 11.6 Å². The maximum Gasteiger partial charge on any atom is 0.262 e. The van der Waals surface area contributed by atoms with E-state index in [1.807, 2.05) is 31.2 Å². The van der Waals surface area contributed by atoms with Gasteiger partial charge in [-0.1, -0.05) is 35.9 Å². The molecule has 0 atom stereocenters. The number of methoxy groups -OCH3 is 1. The topological polar surface area (TPSA) is 77.4 Å². The number of Topliss-reactive ketones (excluding diaryl/α,β-unsaturated/α-hetero) is 1. The Labute approximate surface area is 208 Å². The Hall–Kier alpha value is -3.90. The molecule has 0 saturated heterocycles. The predicted octanol–water partition coefficient (Wildman–Crippen LogP) is 5.36. The second kappa shape index (κ2) is 10.2. The lowest BCUT2D eigenvalue weighted by atomic mass is 10.1. The molecule has 0 radical (unpaired) electrons. The second-order valence-corrected chi connectivity index (χ2v) is 8.74. The summed E-state index contributed by atoms with van der Waals surface area (Å²) in [6, 6.07) is 19.3. The smallest absolute Gasteiger partial charge is 0.262 e. The number of aromatic nitrogens is 1. The van der Waals surface area contributed by atoms with Gasteiger partial charge in [0.15, 0.2) is 5.78 Å². The van der Waals surface area contributed by atoms with Crippen LogP contribution in [0.3, 0.4) is 0 Å². The SMILES string of the molecule is COc1ccc2c(c1)c(CC(=O)NCc1ccc(C(C)=O)cc1)c(C)n2C(=O)c1ccc(Cl)cc1. The van der Waals surface area contributed by atoms with Crippen molar-refractivity contribution in [2.24, 2.45) is 0 Å². The van der Waals surface area contributed by atoms with Gasteiger partial charge >= 0.3 is 0 Å². The summed E-state index contributed by atoms with van der Waals surface area (Å²) in [6.45, 7) is 3.69. The third-order valence-electron chi connectivity index (χ3n) is 6.02. The third kappa shape index (κ3) is 5.12. The molecular weight excluding hydrogens is 464 g/mol. The molecule has 178 valence electrons. The number of nitrogens with zero attached hydrogens (tertiary/aromatic N) is 1. The molecule has 4 aromatic rings. The van der Waals surface area contributed by atoms with Crippen molar-refractivity contribution in [3.8, 4) is 5.75 Å². The van der Waals surface area contributed by atoms with Gasteiger partial charge in [0.2, 0.25) is 5.91 Å². The first-order chi connectivity index (χ1) is 16.8. The highest BCUT2D eigenvalue weighted by atomic mass is 35.5. The first kappa shape index (κ1) is 24.2. The molecule has 0 fully saturated rings. The number of carbonyl (C=O) groups excluding carboxylic acids is 3. The number of halogens is 1. The van der Waals surface area contributed by atoms with Gasteiger partial charge in [-0.3, -0.25) is 19.0 Å². The Morgan fingerprint density at radius 1 is 0.943 bits per heavy atom. The molecule has 3 aromatic carbocycles. The Morgan fingerprint density at radius 2 is 1.60 bits per heavy atom. The zero-order chi connectivity index (χ0) is 25.1. The molecule has 0 unspecified atom stereocenters. The average molecular weight is 489 g/mol. The van der Waals surface area contributed by atoms with E-state index in [0.29, 0.717) is 39.7 Å². The van der Waals surface area contributed by atoms with E-state index in [9.17, 15) is 14.4 Å². The predicted molar refractivity (Wildman–Crippen MR) is 136 cm³/mol. The highest BCUT2D eigenvalue weighted by molar-refractivity contribution is 6.30. The molecular formula is C28H25ClN2O4. The fourth-order valence-electron chi connectivity index (χ4n) is 4.08. The van der Waals surface area contributed by atoms with Crippen molar-refractivity contribution in [3.05, 3.63) is 99.7 Å². The van der Waals surface area contributed by atoms with E-state index in [1.54, 1.807) is 54.1 Å². The highest BCUT2D eigenvalue weighted by Gasteiger charge is 2.22. The maximum atomic E-state index is 13.4. The molecule has 0 spiro atoms. The number of rotatable bonds is 7. The standard InChI is InChI=1S/C28H25ClN2O4/c1-17-24(15-27(33)30-16-19-4-6-20(7-5-19)18(2)32)25-14-23(35-3)12-13-26(25)31(17)28(34)21-8-10-22(29)11-9-21/h4-14H,15-16H2,1-3H3,(H,30,33). The fourth-order valence-corrected chi connectivity index (χ4v) is 4.20. The number of ether oxygens (including phenoxy) is 1. The molecule has 0 aliphatic carbocycles. The van der Waals surface area contributed by atoms with E-state index < -0.39 is 0 Å². The molecule has 7 heteroatoms. The molecule has 1 heterocycles. The van der Waals surface area contributed by atoms with Crippen LogP contribution in [0.25, 0.3) is 10.9 Å². The summed E-state index contributed by atoms with van der Waals surface area (Å²) in [5.74, 6) is 0.257. The highest BCUT2D eigenvalue weighted by Crippen LogP contribution is 2.31. The minimum Gasteiger partial charge on any atom is -0.497 e. The Morgan fingerprint density at radius 3 is 2.23 bits per heavy atom. The van der Waals surface area contributed by atoms with Crippen molar-refractivity contribution in [3.63, 3.8) is 0 Å². The largest absolute Gasteiger partial charge is 0.497 e. The van der Waals surface area contributed by atoms with Crippen molar-refractivity contribution in [1.29, 1.82) is 0 Å². The number of nitrogens with one attached hydrogen (secondary N) is 1. The zero-order valence-electron chi connectivity index (χ0n) is 19.7. The van der Waals surface area contributed by atoms with Crippen molar-refractivity contribution < 1.29 is 19.1 Å². The summed E-state index contributed by atoms with van der Waals surface area (Å²) in [6.07, 6.45) is 0.0991. The molecule has 0 saturated carbocycles. The fraction of sp³-hybridized carbons (Fsp3) is 0.179. The summed E-state index contributed by atoms with van der Waals surface area (Å²) >= 11 is 5.99. The summed E-state index contributed by atoms with van der Waals surface area (Å²) < 4.78 is 7.01. The third-order valence-corrected chi connectivity index (χ3v) is 6.28. The quantitative estimate of drug-likeness (QED) is 0.355.